The molecular weight excluding hydrogens is 318 g/mol. The summed E-state index contributed by atoms with van der Waals surface area (Å²) in [6, 6.07) is 8.04. The summed E-state index contributed by atoms with van der Waals surface area (Å²) in [5, 5.41) is 9.61. The van der Waals surface area contributed by atoms with Gasteiger partial charge in [-0.2, -0.15) is 0 Å². The Hall–Kier alpha value is -1.72. The van der Waals surface area contributed by atoms with Gasteiger partial charge in [0.25, 0.3) is 5.91 Å². The number of hydrogen-bond acceptors (Lipinski definition) is 4. The molecule has 24 heavy (non-hydrogen) atoms. The van der Waals surface area contributed by atoms with Crippen LogP contribution in [-0.2, 0) is 6.42 Å². The molecule has 1 aliphatic heterocycles. The first-order chi connectivity index (χ1) is 11.6. The maximum Gasteiger partial charge on any atom is 0.251 e. The van der Waals surface area contributed by atoms with Crippen LogP contribution < -0.4 is 10.6 Å². The summed E-state index contributed by atoms with van der Waals surface area (Å²) < 4.78 is 0. The Morgan fingerprint density at radius 1 is 1.38 bits per heavy atom. The van der Waals surface area contributed by atoms with Crippen LogP contribution in [0.3, 0.4) is 0 Å². The average molecular weight is 343 g/mol. The molecule has 1 amide bonds. The Morgan fingerprint density at radius 2 is 2.17 bits per heavy atom. The van der Waals surface area contributed by atoms with E-state index in [1.54, 1.807) is 11.3 Å². The van der Waals surface area contributed by atoms with Gasteiger partial charge in [0, 0.05) is 36.4 Å². The first-order valence-electron chi connectivity index (χ1n) is 8.66. The van der Waals surface area contributed by atoms with Crippen LogP contribution in [0, 0.1) is 0 Å². The number of nitrogens with zero attached hydrogens (tertiary/aromatic N) is 1. The Bertz CT molecular complexity index is 672. The minimum absolute atomic E-state index is 0.00888. The number of hydrogen-bond donors (Lipinski definition) is 2. The van der Waals surface area contributed by atoms with Gasteiger partial charge in [-0.15, -0.1) is 11.3 Å². The van der Waals surface area contributed by atoms with Crippen molar-refractivity contribution in [2.75, 3.05) is 19.6 Å². The molecule has 2 N–H and O–H groups in total. The molecule has 5 heteroatoms. The van der Waals surface area contributed by atoms with E-state index in [9.17, 15) is 4.79 Å². The van der Waals surface area contributed by atoms with Crippen LogP contribution >= 0.6 is 11.3 Å². The Kier molecular flexibility index (Phi) is 5.63. The number of thiazole rings is 1. The van der Waals surface area contributed by atoms with E-state index in [1.165, 1.54) is 12.0 Å². The number of amides is 1. The maximum absolute atomic E-state index is 12.2. The first-order valence-corrected chi connectivity index (χ1v) is 9.54. The molecular formula is C19H25N3OS. The molecule has 1 saturated heterocycles. The monoisotopic (exact) mass is 343 g/mol. The van der Waals surface area contributed by atoms with Crippen molar-refractivity contribution in [2.24, 2.45) is 0 Å². The lowest BCUT2D eigenvalue weighted by Gasteiger charge is -2.10. The smallest absolute Gasteiger partial charge is 0.251 e. The molecule has 1 fully saturated rings. The second-order valence-electron chi connectivity index (χ2n) is 6.65. The highest BCUT2D eigenvalue weighted by Crippen LogP contribution is 2.22. The van der Waals surface area contributed by atoms with E-state index >= 15 is 0 Å². The molecule has 0 spiro atoms. The molecule has 128 valence electrons. The number of nitrogens with one attached hydrogen (secondary N) is 2. The molecule has 3 rings (SSSR count). The van der Waals surface area contributed by atoms with Gasteiger partial charge < -0.3 is 10.6 Å². The number of carbonyl (C=O) groups excluding carboxylic acids is 1. The van der Waals surface area contributed by atoms with Crippen molar-refractivity contribution in [1.29, 1.82) is 0 Å². The van der Waals surface area contributed by atoms with E-state index < -0.39 is 0 Å². The van der Waals surface area contributed by atoms with Gasteiger partial charge in [-0.25, -0.2) is 4.98 Å². The van der Waals surface area contributed by atoms with Crippen LogP contribution in [0.5, 0.6) is 0 Å². The molecule has 1 aromatic heterocycles. The van der Waals surface area contributed by atoms with Crippen molar-refractivity contribution >= 4 is 17.2 Å². The van der Waals surface area contributed by atoms with Crippen LogP contribution in [0.25, 0.3) is 0 Å². The minimum Gasteiger partial charge on any atom is -0.352 e. The van der Waals surface area contributed by atoms with E-state index in [2.05, 4.69) is 47.0 Å². The maximum atomic E-state index is 12.2. The van der Waals surface area contributed by atoms with Gasteiger partial charge in [-0.05, 0) is 36.6 Å². The number of benzene rings is 1. The summed E-state index contributed by atoms with van der Waals surface area (Å²) in [5.74, 6) is 1.04. The van der Waals surface area contributed by atoms with Crippen molar-refractivity contribution in [3.05, 3.63) is 51.5 Å². The van der Waals surface area contributed by atoms with Crippen LogP contribution in [0.4, 0.5) is 0 Å². The van der Waals surface area contributed by atoms with Crippen molar-refractivity contribution in [2.45, 2.75) is 38.5 Å². The lowest BCUT2D eigenvalue weighted by Crippen LogP contribution is -2.25. The molecule has 1 atom stereocenters. The summed E-state index contributed by atoms with van der Waals surface area (Å²) in [5.41, 5.74) is 3.11. The standard InChI is InChI=1S/C19H25N3OS/c1-13(2)19-22-17(12-24-19)8-10-21-18(23)15-5-3-14(4-6-15)16-7-9-20-11-16/h3-6,12-13,16,20H,7-11H2,1-2H3,(H,21,23). The third-order valence-electron chi connectivity index (χ3n) is 4.43. The van der Waals surface area contributed by atoms with E-state index in [-0.39, 0.29) is 5.91 Å². The average Bonchev–Trinajstić information content (AvgIpc) is 3.27. The van der Waals surface area contributed by atoms with Crippen LogP contribution in [-0.4, -0.2) is 30.5 Å². The molecule has 1 unspecified atom stereocenters. The van der Waals surface area contributed by atoms with Crippen LogP contribution in [0.15, 0.2) is 29.6 Å². The first kappa shape index (κ1) is 17.1. The van der Waals surface area contributed by atoms with Crippen molar-refractivity contribution < 1.29 is 4.79 Å². The summed E-state index contributed by atoms with van der Waals surface area (Å²) >= 11 is 1.70. The summed E-state index contributed by atoms with van der Waals surface area (Å²) in [6.07, 6.45) is 1.96. The van der Waals surface area contributed by atoms with E-state index in [0.29, 0.717) is 18.4 Å². The molecule has 0 saturated carbocycles. The zero-order valence-electron chi connectivity index (χ0n) is 14.3. The number of aromatic nitrogens is 1. The Balaban J connectivity index is 1.49. The predicted octanol–water partition coefficient (Wildman–Crippen LogP) is 3.32. The normalized spacial score (nSPS) is 17.4. The third-order valence-corrected chi connectivity index (χ3v) is 5.63. The molecule has 0 aliphatic carbocycles. The molecule has 0 bridgehead atoms. The SMILES string of the molecule is CC(C)c1nc(CCNC(=O)c2ccc(C3CCNC3)cc2)cs1. The number of carbonyl (C=O) groups is 1. The fraction of sp³-hybridized carbons (Fsp3) is 0.474. The summed E-state index contributed by atoms with van der Waals surface area (Å²) in [4.78, 5) is 16.8. The molecule has 2 heterocycles. The van der Waals surface area contributed by atoms with Crippen LogP contribution in [0.1, 0.15) is 58.7 Å². The highest BCUT2D eigenvalue weighted by molar-refractivity contribution is 7.09. The quantitative estimate of drug-likeness (QED) is 0.846. The zero-order chi connectivity index (χ0) is 16.9. The topological polar surface area (TPSA) is 54.0 Å². The molecule has 2 aromatic rings. The molecule has 1 aromatic carbocycles. The van der Waals surface area contributed by atoms with Crippen molar-refractivity contribution in [1.82, 2.24) is 15.6 Å². The van der Waals surface area contributed by atoms with E-state index in [0.717, 1.165) is 35.8 Å². The van der Waals surface area contributed by atoms with Crippen molar-refractivity contribution in [3.8, 4) is 0 Å². The second-order valence-corrected chi connectivity index (χ2v) is 7.54. The van der Waals surface area contributed by atoms with Gasteiger partial charge in [0.2, 0.25) is 0 Å². The molecule has 0 radical (unpaired) electrons. The highest BCUT2D eigenvalue weighted by Gasteiger charge is 2.16. The lowest BCUT2D eigenvalue weighted by molar-refractivity contribution is 0.0954. The van der Waals surface area contributed by atoms with E-state index in [1.807, 2.05) is 12.1 Å². The third kappa shape index (κ3) is 4.22. The van der Waals surface area contributed by atoms with Gasteiger partial charge in [0.15, 0.2) is 0 Å². The fourth-order valence-electron chi connectivity index (χ4n) is 2.95. The summed E-state index contributed by atoms with van der Waals surface area (Å²) in [7, 11) is 0. The van der Waals surface area contributed by atoms with E-state index in [4.69, 9.17) is 0 Å². The minimum atomic E-state index is -0.00888. The Morgan fingerprint density at radius 3 is 2.79 bits per heavy atom. The van der Waals surface area contributed by atoms with Crippen molar-refractivity contribution in [3.63, 3.8) is 0 Å². The second kappa shape index (κ2) is 7.90. The van der Waals surface area contributed by atoms with Crippen LogP contribution in [0.2, 0.25) is 0 Å². The van der Waals surface area contributed by atoms with Gasteiger partial charge in [0.05, 0.1) is 10.7 Å². The largest absolute Gasteiger partial charge is 0.352 e. The number of rotatable bonds is 6. The molecule has 4 nitrogen and oxygen atoms in total. The summed E-state index contributed by atoms with van der Waals surface area (Å²) in [6.45, 7) is 7.04. The lowest BCUT2D eigenvalue weighted by atomic mass is 9.97. The van der Waals surface area contributed by atoms with Gasteiger partial charge in [-0.1, -0.05) is 26.0 Å². The van der Waals surface area contributed by atoms with Gasteiger partial charge in [0.1, 0.15) is 0 Å². The molecule has 1 aliphatic rings. The fourth-order valence-corrected chi connectivity index (χ4v) is 3.82. The van der Waals surface area contributed by atoms with Gasteiger partial charge >= 0.3 is 0 Å². The zero-order valence-corrected chi connectivity index (χ0v) is 15.2. The van der Waals surface area contributed by atoms with Gasteiger partial charge in [-0.3, -0.25) is 4.79 Å². The predicted molar refractivity (Wildman–Crippen MR) is 98.9 cm³/mol. The Labute approximate surface area is 147 Å². The highest BCUT2D eigenvalue weighted by atomic mass is 32.1.